The molecule has 5 nitrogen and oxygen atoms in total. The van der Waals surface area contributed by atoms with E-state index in [4.69, 9.17) is 0 Å². The molecule has 2 aromatic heterocycles. The number of hydrogen-bond acceptors (Lipinski definition) is 3. The number of aromatic nitrogens is 4. The van der Waals surface area contributed by atoms with E-state index >= 15 is 0 Å². The van der Waals surface area contributed by atoms with Crippen molar-refractivity contribution < 1.29 is 0 Å². The number of aryl methyl sites for hydroxylation is 1. The molecular formula is C15H17N5. The Morgan fingerprint density at radius 2 is 2.00 bits per heavy atom. The van der Waals surface area contributed by atoms with Gasteiger partial charge in [0, 0.05) is 42.9 Å². The summed E-state index contributed by atoms with van der Waals surface area (Å²) in [6.45, 7) is 3.76. The molecule has 0 atom stereocenters. The van der Waals surface area contributed by atoms with Gasteiger partial charge in [-0.05, 0) is 37.3 Å². The molecule has 3 rings (SSSR count). The van der Waals surface area contributed by atoms with Crippen molar-refractivity contribution in [2.75, 3.05) is 5.32 Å². The van der Waals surface area contributed by atoms with Crippen LogP contribution in [0.4, 0.5) is 5.69 Å². The van der Waals surface area contributed by atoms with Crippen molar-refractivity contribution in [2.24, 2.45) is 0 Å². The van der Waals surface area contributed by atoms with Crippen LogP contribution < -0.4 is 5.32 Å². The molecule has 0 aliphatic rings. The molecular weight excluding hydrogens is 250 g/mol. The quantitative estimate of drug-likeness (QED) is 0.773. The average Bonchev–Trinajstić information content (AvgIpc) is 3.17. The first-order chi connectivity index (χ1) is 9.85. The summed E-state index contributed by atoms with van der Waals surface area (Å²) in [4.78, 5) is 0. The van der Waals surface area contributed by atoms with Gasteiger partial charge in [-0.1, -0.05) is 0 Å². The van der Waals surface area contributed by atoms with Crippen molar-refractivity contribution in [3.05, 3.63) is 60.7 Å². The molecule has 0 aliphatic carbocycles. The Bertz CT molecular complexity index is 652. The van der Waals surface area contributed by atoms with E-state index in [1.165, 1.54) is 5.56 Å². The van der Waals surface area contributed by atoms with Gasteiger partial charge in [-0.25, -0.2) is 4.68 Å². The second-order valence-electron chi connectivity index (χ2n) is 4.56. The summed E-state index contributed by atoms with van der Waals surface area (Å²) < 4.78 is 3.77. The van der Waals surface area contributed by atoms with Crippen molar-refractivity contribution in [2.45, 2.75) is 20.0 Å². The van der Waals surface area contributed by atoms with Gasteiger partial charge < -0.3 is 5.32 Å². The van der Waals surface area contributed by atoms with Crippen LogP contribution in [0.5, 0.6) is 0 Å². The van der Waals surface area contributed by atoms with Crippen molar-refractivity contribution in [3.8, 4) is 5.69 Å². The molecule has 3 aromatic rings. The highest BCUT2D eigenvalue weighted by molar-refractivity contribution is 5.48. The van der Waals surface area contributed by atoms with Crippen LogP contribution in [-0.4, -0.2) is 19.6 Å². The molecule has 0 aliphatic heterocycles. The normalized spacial score (nSPS) is 10.7. The van der Waals surface area contributed by atoms with Gasteiger partial charge in [-0.2, -0.15) is 10.2 Å². The van der Waals surface area contributed by atoms with Crippen LogP contribution >= 0.6 is 0 Å². The summed E-state index contributed by atoms with van der Waals surface area (Å²) in [6.07, 6.45) is 7.67. The fraction of sp³-hybridized carbons (Fsp3) is 0.200. The van der Waals surface area contributed by atoms with Crippen molar-refractivity contribution in [3.63, 3.8) is 0 Å². The van der Waals surface area contributed by atoms with Crippen molar-refractivity contribution >= 4 is 5.69 Å². The van der Waals surface area contributed by atoms with E-state index in [9.17, 15) is 0 Å². The third-order valence-electron chi connectivity index (χ3n) is 3.14. The van der Waals surface area contributed by atoms with E-state index in [-0.39, 0.29) is 0 Å². The van der Waals surface area contributed by atoms with Gasteiger partial charge in [-0.3, -0.25) is 4.68 Å². The average molecular weight is 267 g/mol. The summed E-state index contributed by atoms with van der Waals surface area (Å²) in [6, 6.07) is 10.1. The molecule has 2 heterocycles. The molecule has 20 heavy (non-hydrogen) atoms. The Kier molecular flexibility index (Phi) is 3.50. The minimum absolute atomic E-state index is 0.779. The maximum atomic E-state index is 4.26. The van der Waals surface area contributed by atoms with Crippen LogP contribution in [0.25, 0.3) is 5.69 Å². The Morgan fingerprint density at radius 3 is 2.65 bits per heavy atom. The van der Waals surface area contributed by atoms with Crippen LogP contribution in [0, 0.1) is 0 Å². The van der Waals surface area contributed by atoms with Crippen LogP contribution in [-0.2, 0) is 13.1 Å². The zero-order valence-corrected chi connectivity index (χ0v) is 11.4. The fourth-order valence-electron chi connectivity index (χ4n) is 2.03. The van der Waals surface area contributed by atoms with Gasteiger partial charge in [0.2, 0.25) is 0 Å². The molecule has 0 saturated heterocycles. The smallest absolute Gasteiger partial charge is 0.0647 e. The molecule has 0 unspecified atom stereocenters. The first-order valence-corrected chi connectivity index (χ1v) is 6.70. The number of rotatable bonds is 5. The Morgan fingerprint density at radius 1 is 1.15 bits per heavy atom. The number of nitrogens with one attached hydrogen (secondary N) is 1. The standard InChI is InChI=1S/C15H17N5/c1-2-19-12-13(11-18-19)10-16-14-4-6-15(7-5-14)20-9-3-8-17-20/h3-9,11-12,16H,2,10H2,1H3. The van der Waals surface area contributed by atoms with Crippen LogP contribution in [0.15, 0.2) is 55.1 Å². The third-order valence-corrected chi connectivity index (χ3v) is 3.14. The first kappa shape index (κ1) is 12.5. The minimum Gasteiger partial charge on any atom is -0.381 e. The van der Waals surface area contributed by atoms with Crippen LogP contribution in [0.2, 0.25) is 0 Å². The minimum atomic E-state index is 0.779. The molecule has 0 bridgehead atoms. The van der Waals surface area contributed by atoms with Crippen molar-refractivity contribution in [1.29, 1.82) is 0 Å². The number of anilines is 1. The summed E-state index contributed by atoms with van der Waals surface area (Å²) in [5, 5.41) is 11.9. The van der Waals surface area contributed by atoms with Gasteiger partial charge >= 0.3 is 0 Å². The first-order valence-electron chi connectivity index (χ1n) is 6.70. The molecule has 1 N–H and O–H groups in total. The predicted molar refractivity (Wildman–Crippen MR) is 78.8 cm³/mol. The monoisotopic (exact) mass is 267 g/mol. The van der Waals surface area contributed by atoms with Gasteiger partial charge in [-0.15, -0.1) is 0 Å². The van der Waals surface area contributed by atoms with E-state index in [0.717, 1.165) is 24.5 Å². The predicted octanol–water partition coefficient (Wildman–Crippen LogP) is 2.70. The molecule has 0 radical (unpaired) electrons. The molecule has 0 saturated carbocycles. The number of hydrogen-bond donors (Lipinski definition) is 1. The van der Waals surface area contributed by atoms with E-state index in [2.05, 4.69) is 40.8 Å². The summed E-state index contributed by atoms with van der Waals surface area (Å²) in [7, 11) is 0. The third kappa shape index (κ3) is 2.71. The summed E-state index contributed by atoms with van der Waals surface area (Å²) in [5.41, 5.74) is 3.33. The maximum absolute atomic E-state index is 4.26. The van der Waals surface area contributed by atoms with Gasteiger partial charge in [0.25, 0.3) is 0 Å². The lowest BCUT2D eigenvalue weighted by Crippen LogP contribution is -1.99. The molecule has 102 valence electrons. The maximum Gasteiger partial charge on any atom is 0.0647 e. The molecule has 0 fully saturated rings. The highest BCUT2D eigenvalue weighted by Crippen LogP contribution is 2.13. The highest BCUT2D eigenvalue weighted by atomic mass is 15.3. The molecule has 5 heteroatoms. The summed E-state index contributed by atoms with van der Waals surface area (Å²) >= 11 is 0. The van der Waals surface area contributed by atoms with E-state index < -0.39 is 0 Å². The zero-order chi connectivity index (χ0) is 13.8. The lowest BCUT2D eigenvalue weighted by atomic mass is 10.2. The van der Waals surface area contributed by atoms with E-state index in [0.29, 0.717) is 0 Å². The molecule has 1 aromatic carbocycles. The molecule has 0 spiro atoms. The Hall–Kier alpha value is -2.56. The SMILES string of the molecule is CCn1cc(CNc2ccc(-n3cccn3)cc2)cn1. The number of nitrogens with zero attached hydrogens (tertiary/aromatic N) is 4. The van der Waals surface area contributed by atoms with Crippen LogP contribution in [0.1, 0.15) is 12.5 Å². The van der Waals surface area contributed by atoms with Gasteiger partial charge in [0.1, 0.15) is 0 Å². The largest absolute Gasteiger partial charge is 0.381 e. The van der Waals surface area contributed by atoms with Crippen LogP contribution in [0.3, 0.4) is 0 Å². The van der Waals surface area contributed by atoms with Gasteiger partial charge in [0.05, 0.1) is 11.9 Å². The zero-order valence-electron chi connectivity index (χ0n) is 11.4. The summed E-state index contributed by atoms with van der Waals surface area (Å²) in [5.74, 6) is 0. The van der Waals surface area contributed by atoms with E-state index in [1.54, 1.807) is 6.20 Å². The number of benzene rings is 1. The van der Waals surface area contributed by atoms with Gasteiger partial charge in [0.15, 0.2) is 0 Å². The second kappa shape index (κ2) is 5.61. The van der Waals surface area contributed by atoms with E-state index in [1.807, 2.05) is 40.0 Å². The second-order valence-corrected chi connectivity index (χ2v) is 4.56. The topological polar surface area (TPSA) is 47.7 Å². The lowest BCUT2D eigenvalue weighted by molar-refractivity contribution is 0.659. The lowest BCUT2D eigenvalue weighted by Gasteiger charge is -2.06. The Balaban J connectivity index is 1.63. The fourth-order valence-corrected chi connectivity index (χ4v) is 2.03. The Labute approximate surface area is 117 Å². The highest BCUT2D eigenvalue weighted by Gasteiger charge is 1.99. The van der Waals surface area contributed by atoms with Crippen molar-refractivity contribution in [1.82, 2.24) is 19.6 Å². The molecule has 0 amide bonds.